The van der Waals surface area contributed by atoms with Crippen LogP contribution in [0.3, 0.4) is 0 Å². The van der Waals surface area contributed by atoms with Gasteiger partial charge in [0.15, 0.2) is 0 Å². The van der Waals surface area contributed by atoms with Crippen LogP contribution in [-0.4, -0.2) is 23.4 Å². The Hall–Kier alpha value is -1.38. The van der Waals surface area contributed by atoms with Crippen LogP contribution < -0.4 is 0 Å². The molecule has 1 aliphatic rings. The first-order valence-electron chi connectivity index (χ1n) is 12.7. The van der Waals surface area contributed by atoms with Gasteiger partial charge in [0, 0.05) is 0 Å². The maximum Gasteiger partial charge on any atom is 0.0892 e. The van der Waals surface area contributed by atoms with E-state index in [1.165, 1.54) is 27.9 Å². The van der Waals surface area contributed by atoms with Gasteiger partial charge in [-0.15, -0.1) is 0 Å². The predicted octanol–water partition coefficient (Wildman–Crippen LogP) is 8.79. The summed E-state index contributed by atoms with van der Waals surface area (Å²) in [7, 11) is 0. The molecule has 0 aromatic rings. The molecule has 1 fully saturated rings. The summed E-state index contributed by atoms with van der Waals surface area (Å²) in [6.07, 6.45) is 23.1. The molecule has 2 nitrogen and oxygen atoms in total. The molecule has 0 unspecified atom stereocenters. The number of aliphatic hydroxyl groups excluding tert-OH is 1. The third-order valence-electron chi connectivity index (χ3n) is 6.34. The fourth-order valence-electron chi connectivity index (χ4n) is 3.91. The van der Waals surface area contributed by atoms with Gasteiger partial charge in [0.1, 0.15) is 0 Å². The Bertz CT molecular complexity index is 696. The largest absolute Gasteiger partial charge is 0.392 e. The summed E-state index contributed by atoms with van der Waals surface area (Å²) in [5.74, 6) is 0. The number of hydrogen-bond acceptors (Lipinski definition) is 2. The summed E-state index contributed by atoms with van der Waals surface area (Å²) in [6.45, 7) is 15.5. The lowest BCUT2D eigenvalue weighted by Crippen LogP contribution is -2.02. The van der Waals surface area contributed by atoms with Crippen molar-refractivity contribution >= 4 is 0 Å². The van der Waals surface area contributed by atoms with Crippen molar-refractivity contribution < 1.29 is 9.84 Å². The molecule has 1 aliphatic heterocycles. The van der Waals surface area contributed by atoms with Gasteiger partial charge in [-0.1, -0.05) is 52.7 Å². The summed E-state index contributed by atoms with van der Waals surface area (Å²) in [4.78, 5) is 0. The fraction of sp³-hybridized carbons (Fsp3) is 0.667. The predicted molar refractivity (Wildman–Crippen MR) is 141 cm³/mol. The van der Waals surface area contributed by atoms with Gasteiger partial charge in [-0.25, -0.2) is 0 Å². The first kappa shape index (κ1) is 28.7. The number of ether oxygens (including phenoxy) is 1. The van der Waals surface area contributed by atoms with E-state index in [1.807, 2.05) is 0 Å². The van der Waals surface area contributed by atoms with E-state index in [0.29, 0.717) is 6.10 Å². The average Bonchev–Trinajstić information content (AvgIpc) is 3.34. The highest BCUT2D eigenvalue weighted by Gasteiger charge is 2.46. The van der Waals surface area contributed by atoms with Crippen LogP contribution in [-0.2, 0) is 4.74 Å². The lowest BCUT2D eigenvalue weighted by molar-refractivity contribution is 0.320. The highest BCUT2D eigenvalue weighted by Crippen LogP contribution is 2.38. The number of hydrogen-bond donors (Lipinski definition) is 1. The van der Waals surface area contributed by atoms with Crippen molar-refractivity contribution in [2.24, 2.45) is 0 Å². The van der Waals surface area contributed by atoms with Crippen LogP contribution in [0.25, 0.3) is 0 Å². The molecule has 32 heavy (non-hydrogen) atoms. The van der Waals surface area contributed by atoms with Crippen molar-refractivity contribution in [2.75, 3.05) is 6.61 Å². The summed E-state index contributed by atoms with van der Waals surface area (Å²) < 4.78 is 5.67. The number of allylic oxidation sites excluding steroid dienone is 9. The smallest absolute Gasteiger partial charge is 0.0892 e. The zero-order valence-electron chi connectivity index (χ0n) is 22.1. The SMILES string of the molecule is CC(C)=CCC/C(=C/CC/C(C)=C/CC/C=C(\C)CC/C=C(\C)CC[C@@H]1OC1(C)C)CO. The molecule has 1 atom stereocenters. The molecular formula is C30H50O2. The summed E-state index contributed by atoms with van der Waals surface area (Å²) in [5.41, 5.74) is 7.09. The van der Waals surface area contributed by atoms with Crippen LogP contribution in [0.4, 0.5) is 0 Å². The molecule has 1 N–H and O–H groups in total. The van der Waals surface area contributed by atoms with Gasteiger partial charge in [-0.2, -0.15) is 0 Å². The third kappa shape index (κ3) is 13.9. The standard InChI is InChI=1S/C30H50O2/c1-24(2)13-10-19-28(23-31)20-12-18-26(4)15-9-8-14-25(3)16-11-17-27(5)21-22-29-30(6,7)32-29/h13-15,17,20,29,31H,8-12,16,18-19,21-23H2,1-7H3/b25-14+,26-15+,27-17+,28-20-/t29-/m0/s1. The van der Waals surface area contributed by atoms with Crippen LogP contribution in [0, 0.1) is 0 Å². The second-order valence-corrected chi connectivity index (χ2v) is 10.4. The second kappa shape index (κ2) is 15.5. The van der Waals surface area contributed by atoms with Crippen LogP contribution in [0.15, 0.2) is 58.2 Å². The van der Waals surface area contributed by atoms with Crippen LogP contribution in [0.2, 0.25) is 0 Å². The minimum absolute atomic E-state index is 0.122. The summed E-state index contributed by atoms with van der Waals surface area (Å²) >= 11 is 0. The highest BCUT2D eigenvalue weighted by molar-refractivity contribution is 5.09. The van der Waals surface area contributed by atoms with E-state index in [9.17, 15) is 5.11 Å². The molecule has 0 saturated carbocycles. The van der Waals surface area contributed by atoms with Gasteiger partial charge in [0.05, 0.1) is 18.3 Å². The van der Waals surface area contributed by atoms with Crippen LogP contribution >= 0.6 is 0 Å². The maximum atomic E-state index is 9.52. The van der Waals surface area contributed by atoms with E-state index in [1.54, 1.807) is 0 Å². The van der Waals surface area contributed by atoms with Crippen molar-refractivity contribution in [3.05, 3.63) is 58.2 Å². The second-order valence-electron chi connectivity index (χ2n) is 10.4. The summed E-state index contributed by atoms with van der Waals surface area (Å²) in [5, 5.41) is 9.52. The quantitative estimate of drug-likeness (QED) is 0.147. The highest BCUT2D eigenvalue weighted by atomic mass is 16.6. The zero-order chi connectivity index (χ0) is 24.0. The number of epoxide rings is 1. The van der Waals surface area contributed by atoms with Crippen molar-refractivity contribution in [1.29, 1.82) is 0 Å². The van der Waals surface area contributed by atoms with E-state index >= 15 is 0 Å². The average molecular weight is 443 g/mol. The molecule has 0 amide bonds. The molecule has 0 aromatic heterocycles. The zero-order valence-corrected chi connectivity index (χ0v) is 22.1. The first-order valence-corrected chi connectivity index (χ1v) is 12.7. The fourth-order valence-corrected chi connectivity index (χ4v) is 3.91. The molecule has 0 aromatic carbocycles. The van der Waals surface area contributed by atoms with Gasteiger partial charge in [-0.3, -0.25) is 0 Å². The molecule has 182 valence electrons. The van der Waals surface area contributed by atoms with E-state index in [4.69, 9.17) is 4.74 Å². The van der Waals surface area contributed by atoms with E-state index < -0.39 is 0 Å². The van der Waals surface area contributed by atoms with Crippen molar-refractivity contribution in [1.82, 2.24) is 0 Å². The normalized spacial score (nSPS) is 19.3. The lowest BCUT2D eigenvalue weighted by atomic mass is 10.0. The molecule has 1 rings (SSSR count). The van der Waals surface area contributed by atoms with Gasteiger partial charge in [0.25, 0.3) is 0 Å². The minimum Gasteiger partial charge on any atom is -0.392 e. The molecule has 2 heteroatoms. The topological polar surface area (TPSA) is 32.8 Å². The van der Waals surface area contributed by atoms with E-state index in [-0.39, 0.29) is 12.2 Å². The Labute approximate surface area is 199 Å². The molecule has 0 bridgehead atoms. The van der Waals surface area contributed by atoms with Crippen molar-refractivity contribution in [2.45, 2.75) is 124 Å². The molecular weight excluding hydrogens is 392 g/mol. The Morgan fingerprint density at radius 3 is 1.66 bits per heavy atom. The monoisotopic (exact) mass is 442 g/mol. The van der Waals surface area contributed by atoms with Crippen LogP contribution in [0.1, 0.15) is 113 Å². The van der Waals surface area contributed by atoms with Gasteiger partial charge < -0.3 is 9.84 Å². The van der Waals surface area contributed by atoms with Crippen molar-refractivity contribution in [3.63, 3.8) is 0 Å². The van der Waals surface area contributed by atoms with E-state index in [2.05, 4.69) is 78.8 Å². The van der Waals surface area contributed by atoms with Crippen molar-refractivity contribution in [3.8, 4) is 0 Å². The Morgan fingerprint density at radius 1 is 0.688 bits per heavy atom. The Kier molecular flexibility index (Phi) is 13.8. The lowest BCUT2D eigenvalue weighted by Gasteiger charge is -2.04. The first-order chi connectivity index (χ1) is 15.1. The Balaban J connectivity index is 2.20. The maximum absolute atomic E-state index is 9.52. The minimum atomic E-state index is 0.122. The Morgan fingerprint density at radius 2 is 1.16 bits per heavy atom. The molecule has 1 saturated heterocycles. The number of rotatable bonds is 16. The summed E-state index contributed by atoms with van der Waals surface area (Å²) in [6, 6.07) is 0. The van der Waals surface area contributed by atoms with Gasteiger partial charge in [0.2, 0.25) is 0 Å². The van der Waals surface area contributed by atoms with Crippen LogP contribution in [0.5, 0.6) is 0 Å². The molecule has 0 spiro atoms. The third-order valence-corrected chi connectivity index (χ3v) is 6.34. The molecule has 0 radical (unpaired) electrons. The molecule has 0 aliphatic carbocycles. The van der Waals surface area contributed by atoms with Gasteiger partial charge in [-0.05, 0) is 118 Å². The molecule has 1 heterocycles. The van der Waals surface area contributed by atoms with Gasteiger partial charge >= 0.3 is 0 Å². The number of aliphatic hydroxyl groups is 1. The number of unbranched alkanes of at least 4 members (excludes halogenated alkanes) is 1. The van der Waals surface area contributed by atoms with E-state index in [0.717, 1.165) is 64.2 Å².